The van der Waals surface area contributed by atoms with Crippen molar-refractivity contribution in [2.75, 3.05) is 37.6 Å². The van der Waals surface area contributed by atoms with E-state index in [2.05, 4.69) is 16.3 Å². The molecule has 1 saturated heterocycles. The zero-order valence-corrected chi connectivity index (χ0v) is 18.7. The lowest BCUT2D eigenvalue weighted by atomic mass is 10.1. The summed E-state index contributed by atoms with van der Waals surface area (Å²) in [4.78, 5) is 18.9. The van der Waals surface area contributed by atoms with Gasteiger partial charge in [-0.3, -0.25) is 9.69 Å². The summed E-state index contributed by atoms with van der Waals surface area (Å²) in [6.07, 6.45) is 4.66. The van der Waals surface area contributed by atoms with E-state index in [1.807, 2.05) is 11.0 Å². The van der Waals surface area contributed by atoms with Gasteiger partial charge in [0.2, 0.25) is 15.9 Å². The molecule has 1 fully saturated rings. The zero-order chi connectivity index (χ0) is 20.7. The molecule has 0 atom stereocenters. The van der Waals surface area contributed by atoms with Crippen LogP contribution >= 0.6 is 11.3 Å². The number of sulfonamides is 1. The van der Waals surface area contributed by atoms with Gasteiger partial charge in [0.15, 0.2) is 0 Å². The molecule has 1 aromatic heterocycles. The summed E-state index contributed by atoms with van der Waals surface area (Å²) in [7, 11) is -3.44. The molecular formula is C22H27N3O3S2. The van der Waals surface area contributed by atoms with Gasteiger partial charge in [-0.2, -0.15) is 4.31 Å². The first kappa shape index (κ1) is 20.2. The summed E-state index contributed by atoms with van der Waals surface area (Å²) in [6, 6.07) is 7.44. The highest BCUT2D eigenvalue weighted by Gasteiger charge is 2.31. The van der Waals surface area contributed by atoms with Gasteiger partial charge in [0, 0.05) is 43.3 Å². The summed E-state index contributed by atoms with van der Waals surface area (Å²) < 4.78 is 27.6. The minimum atomic E-state index is -3.44. The number of carbonyl (C=O) groups is 1. The van der Waals surface area contributed by atoms with Crippen LogP contribution in [-0.4, -0.2) is 56.3 Å². The molecule has 0 N–H and O–H groups in total. The van der Waals surface area contributed by atoms with Crippen LogP contribution in [-0.2, 0) is 34.2 Å². The van der Waals surface area contributed by atoms with Crippen LogP contribution in [0.15, 0.2) is 34.5 Å². The second-order valence-corrected chi connectivity index (χ2v) is 11.3. The maximum atomic E-state index is 13.0. The average Bonchev–Trinajstić information content (AvgIpc) is 3.40. The monoisotopic (exact) mass is 445 g/mol. The fraction of sp³-hybridized carbons (Fsp3) is 0.500. The topological polar surface area (TPSA) is 60.9 Å². The van der Waals surface area contributed by atoms with Gasteiger partial charge < -0.3 is 4.90 Å². The van der Waals surface area contributed by atoms with E-state index in [-0.39, 0.29) is 5.91 Å². The lowest BCUT2D eigenvalue weighted by Crippen LogP contribution is -2.41. The van der Waals surface area contributed by atoms with Gasteiger partial charge in [0.25, 0.3) is 0 Å². The minimum absolute atomic E-state index is 0.0964. The van der Waals surface area contributed by atoms with Gasteiger partial charge in [-0.25, -0.2) is 8.42 Å². The molecule has 3 aliphatic rings. The number of hydrogen-bond acceptors (Lipinski definition) is 5. The van der Waals surface area contributed by atoms with Crippen LogP contribution < -0.4 is 4.90 Å². The van der Waals surface area contributed by atoms with E-state index < -0.39 is 10.0 Å². The standard InChI is InChI=1S/C22H27N3O3S2/c26-22(16-23-11-7-21-18(15-23)8-13-29-21)25-12-6-17-14-19(4-5-20(17)25)30(27,28)24-9-2-1-3-10-24/h4-5,8,13-14H,1-3,6-7,9-12,15-16H2. The predicted octanol–water partition coefficient (Wildman–Crippen LogP) is 2.87. The number of piperidine rings is 1. The Morgan fingerprint density at radius 3 is 2.63 bits per heavy atom. The fourth-order valence-electron chi connectivity index (χ4n) is 4.77. The Hall–Kier alpha value is -1.74. The molecule has 0 unspecified atom stereocenters. The minimum Gasteiger partial charge on any atom is -0.311 e. The Balaban J connectivity index is 1.29. The third-order valence-corrected chi connectivity index (χ3v) is 9.36. The van der Waals surface area contributed by atoms with Crippen molar-refractivity contribution in [1.29, 1.82) is 0 Å². The lowest BCUT2D eigenvalue weighted by Gasteiger charge is -2.28. The third-order valence-electron chi connectivity index (χ3n) is 6.45. The Kier molecular flexibility index (Phi) is 5.43. The summed E-state index contributed by atoms with van der Waals surface area (Å²) >= 11 is 1.80. The molecule has 3 aliphatic heterocycles. The number of nitrogens with zero attached hydrogens (tertiary/aromatic N) is 3. The van der Waals surface area contributed by atoms with Gasteiger partial charge >= 0.3 is 0 Å². The van der Waals surface area contributed by atoms with Crippen LogP contribution in [0, 0.1) is 0 Å². The second kappa shape index (κ2) is 8.07. The maximum absolute atomic E-state index is 13.0. The Morgan fingerprint density at radius 2 is 1.80 bits per heavy atom. The molecule has 0 saturated carbocycles. The van der Waals surface area contributed by atoms with E-state index >= 15 is 0 Å². The normalized spacial score (nSPS) is 20.2. The molecule has 4 heterocycles. The number of fused-ring (bicyclic) bond motifs is 2. The molecule has 8 heteroatoms. The van der Waals surface area contributed by atoms with E-state index in [9.17, 15) is 13.2 Å². The van der Waals surface area contributed by atoms with Crippen LogP contribution in [0.25, 0.3) is 0 Å². The van der Waals surface area contributed by atoms with Crippen molar-refractivity contribution in [3.8, 4) is 0 Å². The number of amides is 1. The molecule has 1 aromatic carbocycles. The van der Waals surface area contributed by atoms with Crippen molar-refractivity contribution in [3.05, 3.63) is 45.6 Å². The Labute approximate surface area is 182 Å². The summed E-state index contributed by atoms with van der Waals surface area (Å²) in [5.74, 6) is 0.0964. The molecule has 0 radical (unpaired) electrons. The van der Waals surface area contributed by atoms with Crippen molar-refractivity contribution in [1.82, 2.24) is 9.21 Å². The first-order valence-corrected chi connectivity index (χ1v) is 13.1. The largest absolute Gasteiger partial charge is 0.311 e. The van der Waals surface area contributed by atoms with Crippen molar-refractivity contribution in [3.63, 3.8) is 0 Å². The SMILES string of the molecule is O=C(CN1CCc2sccc2C1)N1CCc2cc(S(=O)(=O)N3CCCCC3)ccc21. The van der Waals surface area contributed by atoms with Crippen LogP contribution in [0.5, 0.6) is 0 Å². The predicted molar refractivity (Wildman–Crippen MR) is 118 cm³/mol. The van der Waals surface area contributed by atoms with Crippen molar-refractivity contribution >= 4 is 33.0 Å². The quantitative estimate of drug-likeness (QED) is 0.726. The molecule has 0 aliphatic carbocycles. The molecule has 1 amide bonds. The zero-order valence-electron chi connectivity index (χ0n) is 17.0. The molecule has 30 heavy (non-hydrogen) atoms. The van der Waals surface area contributed by atoms with Crippen LogP contribution in [0.3, 0.4) is 0 Å². The summed E-state index contributed by atoms with van der Waals surface area (Å²) in [5, 5.41) is 2.13. The van der Waals surface area contributed by atoms with Crippen molar-refractivity contribution in [2.45, 2.75) is 43.5 Å². The first-order chi connectivity index (χ1) is 14.5. The molecule has 5 rings (SSSR count). The van der Waals surface area contributed by atoms with Crippen molar-refractivity contribution in [2.24, 2.45) is 0 Å². The van der Waals surface area contributed by atoms with Gasteiger partial charge in [-0.05, 0) is 66.5 Å². The van der Waals surface area contributed by atoms with Gasteiger partial charge in [-0.1, -0.05) is 6.42 Å². The van der Waals surface area contributed by atoms with Crippen molar-refractivity contribution < 1.29 is 13.2 Å². The highest BCUT2D eigenvalue weighted by Crippen LogP contribution is 2.32. The molecule has 6 nitrogen and oxygen atoms in total. The van der Waals surface area contributed by atoms with E-state index in [4.69, 9.17) is 0 Å². The third kappa shape index (κ3) is 3.70. The molecule has 2 aromatic rings. The Bertz CT molecular complexity index is 1060. The number of thiophene rings is 1. The highest BCUT2D eigenvalue weighted by atomic mass is 32.2. The smallest absolute Gasteiger partial charge is 0.243 e. The van der Waals surface area contributed by atoms with Crippen LogP contribution in [0.1, 0.15) is 35.3 Å². The van der Waals surface area contributed by atoms with E-state index in [1.54, 1.807) is 27.8 Å². The van der Waals surface area contributed by atoms with Gasteiger partial charge in [0.05, 0.1) is 11.4 Å². The van der Waals surface area contributed by atoms with Gasteiger partial charge in [0.1, 0.15) is 0 Å². The number of carbonyl (C=O) groups excluding carboxylic acids is 1. The summed E-state index contributed by atoms with van der Waals surface area (Å²) in [6.45, 7) is 3.98. The van der Waals surface area contributed by atoms with Gasteiger partial charge in [-0.15, -0.1) is 11.3 Å². The summed E-state index contributed by atoms with van der Waals surface area (Å²) in [5.41, 5.74) is 3.17. The first-order valence-electron chi connectivity index (χ1n) is 10.7. The number of benzene rings is 1. The maximum Gasteiger partial charge on any atom is 0.243 e. The van der Waals surface area contributed by atoms with E-state index in [0.717, 1.165) is 50.0 Å². The number of rotatable bonds is 4. The second-order valence-electron chi connectivity index (χ2n) is 8.38. The van der Waals surface area contributed by atoms with E-state index in [1.165, 1.54) is 10.4 Å². The fourth-order valence-corrected chi connectivity index (χ4v) is 7.23. The Morgan fingerprint density at radius 1 is 0.967 bits per heavy atom. The lowest BCUT2D eigenvalue weighted by molar-refractivity contribution is -0.119. The molecule has 160 valence electrons. The number of hydrogen-bond donors (Lipinski definition) is 0. The average molecular weight is 446 g/mol. The molecular weight excluding hydrogens is 418 g/mol. The molecule has 0 bridgehead atoms. The molecule has 0 spiro atoms. The number of anilines is 1. The van der Waals surface area contributed by atoms with E-state index in [0.29, 0.717) is 37.5 Å². The van der Waals surface area contributed by atoms with Crippen LogP contribution in [0.2, 0.25) is 0 Å². The van der Waals surface area contributed by atoms with Crippen LogP contribution in [0.4, 0.5) is 5.69 Å². The highest BCUT2D eigenvalue weighted by molar-refractivity contribution is 7.89.